The van der Waals surface area contributed by atoms with E-state index in [0.29, 0.717) is 12.5 Å². The van der Waals surface area contributed by atoms with E-state index in [2.05, 4.69) is 41.0 Å². The summed E-state index contributed by atoms with van der Waals surface area (Å²) < 4.78 is 22.4. The van der Waals surface area contributed by atoms with Crippen molar-refractivity contribution in [3.63, 3.8) is 0 Å². The van der Waals surface area contributed by atoms with Gasteiger partial charge in [0.05, 0.1) is 23.3 Å². The van der Waals surface area contributed by atoms with Gasteiger partial charge in [-0.2, -0.15) is 5.10 Å². The first-order chi connectivity index (χ1) is 14.1. The van der Waals surface area contributed by atoms with Crippen LogP contribution in [0.3, 0.4) is 0 Å². The number of piperidine rings is 1. The summed E-state index contributed by atoms with van der Waals surface area (Å²) in [4.78, 5) is 2.44. The zero-order chi connectivity index (χ0) is 19.8. The first kappa shape index (κ1) is 16.9. The molecule has 148 valence electrons. The summed E-state index contributed by atoms with van der Waals surface area (Å²) in [6.45, 7) is 7.72. The number of anilines is 1. The van der Waals surface area contributed by atoms with E-state index in [1.165, 1.54) is 6.07 Å². The van der Waals surface area contributed by atoms with Crippen LogP contribution in [0.25, 0.3) is 11.2 Å². The quantitative estimate of drug-likeness (QED) is 0.631. The van der Waals surface area contributed by atoms with E-state index in [9.17, 15) is 4.39 Å². The minimum Gasteiger partial charge on any atom is -0.491 e. The van der Waals surface area contributed by atoms with Crippen LogP contribution in [-0.4, -0.2) is 28.8 Å². The Labute approximate surface area is 168 Å². The van der Waals surface area contributed by atoms with Crippen LogP contribution in [0.2, 0.25) is 0 Å². The number of hydrogen-bond donors (Lipinski definition) is 1. The summed E-state index contributed by atoms with van der Waals surface area (Å²) in [5.41, 5.74) is 4.76. The maximum atomic E-state index is 14.3. The molecule has 1 aliphatic carbocycles. The molecular weight excluding hydrogens is 367 g/mol. The fourth-order valence-corrected chi connectivity index (χ4v) is 5.28. The minimum atomic E-state index is -0.211. The van der Waals surface area contributed by atoms with Gasteiger partial charge >= 0.3 is 0 Å². The normalized spacial score (nSPS) is 27.8. The fourth-order valence-electron chi connectivity index (χ4n) is 5.28. The molecule has 1 saturated heterocycles. The van der Waals surface area contributed by atoms with Gasteiger partial charge in [0.2, 0.25) is 0 Å². The van der Waals surface area contributed by atoms with Crippen molar-refractivity contribution in [3.8, 4) is 5.75 Å². The van der Waals surface area contributed by atoms with Crippen molar-refractivity contribution in [2.24, 2.45) is 5.92 Å². The predicted octanol–water partition coefficient (Wildman–Crippen LogP) is 3.94. The van der Waals surface area contributed by atoms with Crippen LogP contribution in [0.5, 0.6) is 5.75 Å². The third-order valence-corrected chi connectivity index (χ3v) is 6.72. The van der Waals surface area contributed by atoms with Crippen LogP contribution >= 0.6 is 0 Å². The number of benzene rings is 1. The predicted molar refractivity (Wildman–Crippen MR) is 110 cm³/mol. The van der Waals surface area contributed by atoms with Gasteiger partial charge < -0.3 is 15.0 Å². The second-order valence-electron chi connectivity index (χ2n) is 8.51. The molecule has 2 aliphatic heterocycles. The fraction of sp³-hybridized carbons (Fsp3) is 0.348. The van der Waals surface area contributed by atoms with Crippen LogP contribution in [0.4, 0.5) is 10.1 Å². The van der Waals surface area contributed by atoms with E-state index in [4.69, 9.17) is 4.74 Å². The van der Waals surface area contributed by atoms with Gasteiger partial charge in [0.25, 0.3) is 0 Å². The standard InChI is InChI=1S/C23H23FN4O/c1-14-13-29-22-4-3-17(24)9-20(22)23-11-16(23)5-7-27(23)18-6-8-28-21(10-18)19(12-25-28)15(2)26-14/h3-4,6,8-10,12,14,16,26H,2,5,7,11,13H2,1H3/t14-,16?,23?/m1/s1. The van der Waals surface area contributed by atoms with Crippen molar-refractivity contribution in [2.45, 2.75) is 31.3 Å². The van der Waals surface area contributed by atoms with Crippen molar-refractivity contribution >= 4 is 16.9 Å². The summed E-state index contributed by atoms with van der Waals surface area (Å²) in [5.74, 6) is 1.10. The molecule has 0 amide bonds. The Bertz CT molecular complexity index is 1150. The molecule has 29 heavy (non-hydrogen) atoms. The Hall–Kier alpha value is -3.02. The molecule has 2 fully saturated rings. The van der Waals surface area contributed by atoms with Crippen molar-refractivity contribution < 1.29 is 9.13 Å². The topological polar surface area (TPSA) is 41.8 Å². The molecule has 1 aromatic carbocycles. The van der Waals surface area contributed by atoms with Crippen LogP contribution in [-0.2, 0) is 5.54 Å². The number of fused-ring (bicyclic) bond motifs is 3. The summed E-state index contributed by atoms with van der Waals surface area (Å²) in [5, 5.41) is 7.91. The van der Waals surface area contributed by atoms with Gasteiger partial charge in [0.1, 0.15) is 18.2 Å². The molecule has 6 rings (SSSR count). The lowest BCUT2D eigenvalue weighted by atomic mass is 10.00. The smallest absolute Gasteiger partial charge is 0.125 e. The summed E-state index contributed by atoms with van der Waals surface area (Å²) in [7, 11) is 0. The zero-order valence-corrected chi connectivity index (χ0v) is 16.4. The highest BCUT2D eigenvalue weighted by Crippen LogP contribution is 2.65. The Morgan fingerprint density at radius 1 is 1.31 bits per heavy atom. The van der Waals surface area contributed by atoms with Crippen molar-refractivity contribution in [3.05, 3.63) is 66.2 Å². The Kier molecular flexibility index (Phi) is 3.35. The number of pyridine rings is 1. The highest BCUT2D eigenvalue weighted by atomic mass is 19.1. The van der Waals surface area contributed by atoms with Crippen LogP contribution in [0, 0.1) is 11.7 Å². The highest BCUT2D eigenvalue weighted by Gasteiger charge is 2.64. The first-order valence-electron chi connectivity index (χ1n) is 10.2. The largest absolute Gasteiger partial charge is 0.491 e. The first-order valence-corrected chi connectivity index (χ1v) is 10.2. The van der Waals surface area contributed by atoms with E-state index < -0.39 is 0 Å². The maximum Gasteiger partial charge on any atom is 0.125 e. The molecule has 2 aromatic heterocycles. The Balaban J connectivity index is 1.57. The van der Waals surface area contributed by atoms with Gasteiger partial charge in [-0.15, -0.1) is 0 Å². The SMILES string of the molecule is C=C1N[C@H](C)COc2ccc(F)cc2C23CC2CCN3c2ccn3ncc1c3c2. The summed E-state index contributed by atoms with van der Waals surface area (Å²) >= 11 is 0. The molecule has 2 bridgehead atoms. The van der Waals surface area contributed by atoms with Gasteiger partial charge in [-0.25, -0.2) is 8.91 Å². The molecule has 1 saturated carbocycles. The van der Waals surface area contributed by atoms with Gasteiger partial charge in [0.15, 0.2) is 0 Å². The average molecular weight is 390 g/mol. The van der Waals surface area contributed by atoms with E-state index in [1.807, 2.05) is 16.9 Å². The van der Waals surface area contributed by atoms with Crippen molar-refractivity contribution in [1.82, 2.24) is 14.9 Å². The monoisotopic (exact) mass is 390 g/mol. The van der Waals surface area contributed by atoms with Gasteiger partial charge in [0, 0.05) is 35.3 Å². The second kappa shape index (κ2) is 5.75. The second-order valence-corrected chi connectivity index (χ2v) is 8.51. The molecular formula is C23H23FN4O. The lowest BCUT2D eigenvalue weighted by molar-refractivity contribution is 0.279. The molecule has 5 nitrogen and oxygen atoms in total. The summed E-state index contributed by atoms with van der Waals surface area (Å²) in [6.07, 6.45) is 5.99. The minimum absolute atomic E-state index is 0.0477. The number of aromatic nitrogens is 2. The third-order valence-electron chi connectivity index (χ3n) is 6.72. The van der Waals surface area contributed by atoms with Gasteiger partial charge in [-0.1, -0.05) is 6.58 Å². The van der Waals surface area contributed by atoms with Gasteiger partial charge in [-0.3, -0.25) is 0 Å². The van der Waals surface area contributed by atoms with Crippen molar-refractivity contribution in [1.29, 1.82) is 0 Å². The van der Waals surface area contributed by atoms with E-state index in [-0.39, 0.29) is 17.4 Å². The summed E-state index contributed by atoms with van der Waals surface area (Å²) in [6, 6.07) is 9.28. The van der Waals surface area contributed by atoms with Gasteiger partial charge in [-0.05, 0) is 56.0 Å². The zero-order valence-electron chi connectivity index (χ0n) is 16.4. The van der Waals surface area contributed by atoms with E-state index in [1.54, 1.807) is 12.1 Å². The highest BCUT2D eigenvalue weighted by molar-refractivity contribution is 5.79. The lowest BCUT2D eigenvalue weighted by Crippen LogP contribution is -2.34. The Morgan fingerprint density at radius 3 is 3.07 bits per heavy atom. The van der Waals surface area contributed by atoms with Crippen LogP contribution in [0.15, 0.2) is 49.3 Å². The number of hydrogen-bond acceptors (Lipinski definition) is 4. The van der Waals surface area contributed by atoms with Crippen LogP contribution < -0.4 is 15.0 Å². The third kappa shape index (κ3) is 2.35. The molecule has 1 N–H and O–H groups in total. The number of ether oxygens (including phenoxy) is 1. The molecule has 1 spiro atoms. The molecule has 3 atom stereocenters. The maximum absolute atomic E-state index is 14.3. The number of nitrogens with zero attached hydrogens (tertiary/aromatic N) is 3. The number of nitrogens with one attached hydrogen (secondary N) is 1. The van der Waals surface area contributed by atoms with E-state index in [0.717, 1.165) is 53.2 Å². The average Bonchev–Trinajstić information content (AvgIpc) is 3.09. The molecule has 2 unspecified atom stereocenters. The van der Waals surface area contributed by atoms with Crippen molar-refractivity contribution in [2.75, 3.05) is 18.1 Å². The molecule has 3 aliphatic rings. The van der Waals surface area contributed by atoms with Crippen LogP contribution in [0.1, 0.15) is 30.9 Å². The molecule has 0 radical (unpaired) electrons. The lowest BCUT2D eigenvalue weighted by Gasteiger charge is -2.32. The Morgan fingerprint density at radius 2 is 2.21 bits per heavy atom. The molecule has 3 aromatic rings. The molecule has 4 heterocycles. The number of rotatable bonds is 0. The van der Waals surface area contributed by atoms with E-state index >= 15 is 0 Å². The molecule has 6 heteroatoms. The number of halogens is 1.